The van der Waals surface area contributed by atoms with Crippen molar-refractivity contribution in [3.63, 3.8) is 0 Å². The molecule has 27 heavy (non-hydrogen) atoms. The number of benzene rings is 1. The summed E-state index contributed by atoms with van der Waals surface area (Å²) >= 11 is 0. The molecule has 0 atom stereocenters. The predicted molar refractivity (Wildman–Crippen MR) is 88.0 cm³/mol. The first-order valence-corrected chi connectivity index (χ1v) is 7.69. The molecule has 3 rings (SSSR count). The summed E-state index contributed by atoms with van der Waals surface area (Å²) < 4.78 is 54.6. The van der Waals surface area contributed by atoms with Gasteiger partial charge >= 0.3 is 6.18 Å². The van der Waals surface area contributed by atoms with E-state index >= 15 is 0 Å². The Morgan fingerprint density at radius 3 is 2.67 bits per heavy atom. The third-order valence-electron chi connectivity index (χ3n) is 3.63. The van der Waals surface area contributed by atoms with Crippen LogP contribution in [0.3, 0.4) is 0 Å². The SMILES string of the molecule is Cn1cc(-c2cc(CC(=O)Nc3ccncn3)ccc2F)c(C(F)(F)F)n1. The van der Waals surface area contributed by atoms with Gasteiger partial charge < -0.3 is 5.32 Å². The smallest absolute Gasteiger partial charge is 0.310 e. The summed E-state index contributed by atoms with van der Waals surface area (Å²) in [6.07, 6.45) is -1.11. The van der Waals surface area contributed by atoms with Crippen molar-refractivity contribution >= 4 is 11.7 Å². The molecular formula is C17H13F4N5O. The Hall–Kier alpha value is -3.30. The van der Waals surface area contributed by atoms with Crippen LogP contribution in [-0.2, 0) is 24.4 Å². The first-order valence-electron chi connectivity index (χ1n) is 7.69. The van der Waals surface area contributed by atoms with Crippen LogP contribution in [0.5, 0.6) is 0 Å². The van der Waals surface area contributed by atoms with E-state index in [0.717, 1.165) is 16.9 Å². The molecule has 0 aliphatic carbocycles. The largest absolute Gasteiger partial charge is 0.435 e. The Labute approximate surface area is 150 Å². The minimum absolute atomic E-state index is 0.168. The van der Waals surface area contributed by atoms with E-state index in [4.69, 9.17) is 0 Å². The van der Waals surface area contributed by atoms with Crippen molar-refractivity contribution < 1.29 is 22.4 Å². The fraction of sp³-hybridized carbons (Fsp3) is 0.176. The van der Waals surface area contributed by atoms with Crippen LogP contribution in [0.15, 0.2) is 43.0 Å². The van der Waals surface area contributed by atoms with Crippen molar-refractivity contribution in [2.24, 2.45) is 7.05 Å². The molecule has 10 heteroatoms. The molecule has 2 aromatic heterocycles. The zero-order valence-corrected chi connectivity index (χ0v) is 14.0. The van der Waals surface area contributed by atoms with Crippen molar-refractivity contribution in [3.05, 3.63) is 60.1 Å². The molecule has 0 unspecified atom stereocenters. The maximum absolute atomic E-state index is 14.2. The Morgan fingerprint density at radius 2 is 2.00 bits per heavy atom. The van der Waals surface area contributed by atoms with Gasteiger partial charge in [0.05, 0.1) is 6.42 Å². The van der Waals surface area contributed by atoms with Gasteiger partial charge in [0.1, 0.15) is 18.0 Å². The molecule has 1 amide bonds. The number of rotatable bonds is 4. The van der Waals surface area contributed by atoms with Gasteiger partial charge in [-0.05, 0) is 23.8 Å². The standard InChI is InChI=1S/C17H13F4N5O/c1-26-8-12(16(25-26)17(19,20)21)11-6-10(2-3-13(11)18)7-15(27)24-14-4-5-22-9-23-14/h2-6,8-9H,7H2,1H3,(H,22,23,24,27). The van der Waals surface area contributed by atoms with Gasteiger partial charge in [-0.15, -0.1) is 0 Å². The second-order valence-corrected chi connectivity index (χ2v) is 5.70. The summed E-state index contributed by atoms with van der Waals surface area (Å²) in [7, 11) is 1.32. The number of halogens is 4. The minimum atomic E-state index is -4.73. The van der Waals surface area contributed by atoms with Crippen LogP contribution in [0, 0.1) is 5.82 Å². The van der Waals surface area contributed by atoms with Crippen molar-refractivity contribution in [2.75, 3.05) is 5.32 Å². The lowest BCUT2D eigenvalue weighted by molar-refractivity contribution is -0.141. The van der Waals surface area contributed by atoms with Gasteiger partial charge in [0.25, 0.3) is 0 Å². The van der Waals surface area contributed by atoms with E-state index in [1.165, 1.54) is 37.8 Å². The molecule has 1 aromatic carbocycles. The van der Waals surface area contributed by atoms with Gasteiger partial charge in [-0.25, -0.2) is 14.4 Å². The van der Waals surface area contributed by atoms with Gasteiger partial charge in [0.15, 0.2) is 5.69 Å². The van der Waals surface area contributed by atoms with E-state index in [0.29, 0.717) is 5.56 Å². The lowest BCUT2D eigenvalue weighted by atomic mass is 10.0. The number of amides is 1. The lowest BCUT2D eigenvalue weighted by Crippen LogP contribution is -2.15. The molecule has 0 aliphatic rings. The van der Waals surface area contributed by atoms with E-state index < -0.39 is 23.6 Å². The van der Waals surface area contributed by atoms with Crippen LogP contribution in [0.25, 0.3) is 11.1 Å². The van der Waals surface area contributed by atoms with Gasteiger partial charge in [0.2, 0.25) is 5.91 Å². The molecule has 0 spiro atoms. The summed E-state index contributed by atoms with van der Waals surface area (Å²) in [6.45, 7) is 0. The van der Waals surface area contributed by atoms with Gasteiger partial charge in [0, 0.05) is 30.6 Å². The number of aromatic nitrogens is 4. The van der Waals surface area contributed by atoms with E-state index in [1.807, 2.05) is 0 Å². The molecule has 0 saturated carbocycles. The molecular weight excluding hydrogens is 366 g/mol. The lowest BCUT2D eigenvalue weighted by Gasteiger charge is -2.09. The van der Waals surface area contributed by atoms with Crippen LogP contribution >= 0.6 is 0 Å². The monoisotopic (exact) mass is 379 g/mol. The highest BCUT2D eigenvalue weighted by Crippen LogP contribution is 2.37. The molecule has 3 aromatic rings. The average molecular weight is 379 g/mol. The quantitative estimate of drug-likeness (QED) is 0.707. The van der Waals surface area contributed by atoms with E-state index in [2.05, 4.69) is 20.4 Å². The van der Waals surface area contributed by atoms with Crippen LogP contribution < -0.4 is 5.32 Å². The third kappa shape index (κ3) is 4.27. The number of aryl methyl sites for hydroxylation is 1. The maximum Gasteiger partial charge on any atom is 0.435 e. The molecule has 1 N–H and O–H groups in total. The molecule has 0 radical (unpaired) electrons. The van der Waals surface area contributed by atoms with Crippen LogP contribution in [0.1, 0.15) is 11.3 Å². The molecule has 0 bridgehead atoms. The van der Waals surface area contributed by atoms with E-state index in [-0.39, 0.29) is 23.4 Å². The number of anilines is 1. The van der Waals surface area contributed by atoms with Crippen molar-refractivity contribution in [2.45, 2.75) is 12.6 Å². The Kier molecular flexibility index (Phi) is 4.89. The van der Waals surface area contributed by atoms with Crippen molar-refractivity contribution in [1.82, 2.24) is 19.7 Å². The Bertz CT molecular complexity index is 969. The molecule has 6 nitrogen and oxygen atoms in total. The van der Waals surface area contributed by atoms with Gasteiger partial charge in [-0.3, -0.25) is 9.48 Å². The Balaban J connectivity index is 1.88. The normalized spacial score (nSPS) is 11.4. The zero-order chi connectivity index (χ0) is 19.6. The molecule has 2 heterocycles. The molecule has 0 fully saturated rings. The highest BCUT2D eigenvalue weighted by Gasteiger charge is 2.37. The number of carbonyl (C=O) groups excluding carboxylic acids is 1. The number of hydrogen-bond donors (Lipinski definition) is 1. The number of nitrogens with one attached hydrogen (secondary N) is 1. The second kappa shape index (κ2) is 7.14. The summed E-state index contributed by atoms with van der Waals surface area (Å²) in [5.41, 5.74) is -1.51. The van der Waals surface area contributed by atoms with Crippen LogP contribution in [-0.4, -0.2) is 25.7 Å². The van der Waals surface area contributed by atoms with E-state index in [9.17, 15) is 22.4 Å². The number of nitrogens with zero attached hydrogens (tertiary/aromatic N) is 4. The number of carbonyl (C=O) groups is 1. The summed E-state index contributed by atoms with van der Waals surface area (Å²) in [4.78, 5) is 19.6. The number of hydrogen-bond acceptors (Lipinski definition) is 4. The highest BCUT2D eigenvalue weighted by molar-refractivity contribution is 5.91. The highest BCUT2D eigenvalue weighted by atomic mass is 19.4. The van der Waals surface area contributed by atoms with Crippen LogP contribution in [0.2, 0.25) is 0 Å². The fourth-order valence-corrected chi connectivity index (χ4v) is 2.52. The molecule has 0 saturated heterocycles. The topological polar surface area (TPSA) is 72.7 Å². The average Bonchev–Trinajstić information content (AvgIpc) is 2.99. The minimum Gasteiger partial charge on any atom is -0.310 e. The first-order chi connectivity index (χ1) is 12.7. The summed E-state index contributed by atoms with van der Waals surface area (Å²) in [5.74, 6) is -1.01. The van der Waals surface area contributed by atoms with Gasteiger partial charge in [-0.1, -0.05) is 6.07 Å². The summed E-state index contributed by atoms with van der Waals surface area (Å²) in [5, 5.41) is 5.90. The first kappa shape index (κ1) is 18.5. The van der Waals surface area contributed by atoms with Crippen molar-refractivity contribution in [1.29, 1.82) is 0 Å². The van der Waals surface area contributed by atoms with Crippen LogP contribution in [0.4, 0.5) is 23.4 Å². The van der Waals surface area contributed by atoms with Crippen molar-refractivity contribution in [3.8, 4) is 11.1 Å². The van der Waals surface area contributed by atoms with Gasteiger partial charge in [-0.2, -0.15) is 18.3 Å². The Morgan fingerprint density at radius 1 is 1.22 bits per heavy atom. The number of alkyl halides is 3. The predicted octanol–water partition coefficient (Wildman–Crippen LogP) is 3.22. The zero-order valence-electron chi connectivity index (χ0n) is 14.0. The molecule has 0 aliphatic heterocycles. The fourth-order valence-electron chi connectivity index (χ4n) is 2.52. The molecule has 140 valence electrons. The third-order valence-corrected chi connectivity index (χ3v) is 3.63. The summed E-state index contributed by atoms with van der Waals surface area (Å²) in [6, 6.07) is 5.05. The maximum atomic E-state index is 14.2. The van der Waals surface area contributed by atoms with E-state index in [1.54, 1.807) is 0 Å². The second-order valence-electron chi connectivity index (χ2n) is 5.70.